The smallest absolute Gasteiger partial charge is 0.335 e. The first-order chi connectivity index (χ1) is 31.7. The molecule has 1 aliphatic heterocycles. The monoisotopic (exact) mass is 923 g/mol. The molecule has 1 rings (SSSR count). The Morgan fingerprint density at radius 1 is 0.462 bits per heavy atom. The Balaban J connectivity index is 2.26. The van der Waals surface area contributed by atoms with Gasteiger partial charge in [0, 0.05) is 12.8 Å². The Morgan fingerprint density at radius 3 is 1.20 bits per heavy atom. The molecule has 11 heteroatoms. The quantitative estimate of drug-likeness (QED) is 0.0260. The van der Waals surface area contributed by atoms with Crippen molar-refractivity contribution in [2.45, 2.75) is 288 Å². The number of aliphatic carboxylic acids is 1. The van der Waals surface area contributed by atoms with E-state index in [9.17, 15) is 34.8 Å². The van der Waals surface area contributed by atoms with Gasteiger partial charge in [-0.2, -0.15) is 0 Å². The Bertz CT molecular complexity index is 1180. The summed E-state index contributed by atoms with van der Waals surface area (Å²) < 4.78 is 21.8. The SMILES string of the molecule is CCCCCCCCC/C=C\CCCCCCCC(=O)OC(COC(=O)CCCCCCCCCCCCC/C=C\CCCCCCCCCC)COC1OC(C(=O)O)C(O)C(O)C1O. The lowest BCUT2D eigenvalue weighted by molar-refractivity contribution is -0.298. The summed E-state index contributed by atoms with van der Waals surface area (Å²) in [5.74, 6) is -2.44. The number of unbranched alkanes of at least 4 members (excludes halogenated alkanes) is 31. The van der Waals surface area contributed by atoms with Gasteiger partial charge in [0.25, 0.3) is 0 Å². The molecule has 4 N–H and O–H groups in total. The normalized spacial score (nSPS) is 19.3. The zero-order chi connectivity index (χ0) is 47.4. The van der Waals surface area contributed by atoms with Crippen LogP contribution in [-0.2, 0) is 33.3 Å². The van der Waals surface area contributed by atoms with Crippen LogP contribution in [0.5, 0.6) is 0 Å². The highest BCUT2D eigenvalue weighted by atomic mass is 16.7. The number of hydrogen-bond acceptors (Lipinski definition) is 10. The molecule has 0 spiro atoms. The maximum Gasteiger partial charge on any atom is 0.335 e. The van der Waals surface area contributed by atoms with Crippen molar-refractivity contribution in [3.63, 3.8) is 0 Å². The van der Waals surface area contributed by atoms with Crippen LogP contribution in [0.1, 0.15) is 251 Å². The fraction of sp³-hybridized carbons (Fsp3) is 0.870. The first kappa shape index (κ1) is 60.7. The number of carboxylic acids is 1. The molecule has 6 atom stereocenters. The van der Waals surface area contributed by atoms with Gasteiger partial charge in [0.2, 0.25) is 0 Å². The van der Waals surface area contributed by atoms with E-state index < -0.39 is 54.7 Å². The van der Waals surface area contributed by atoms with Gasteiger partial charge < -0.3 is 39.4 Å². The number of carbonyl (C=O) groups is 3. The van der Waals surface area contributed by atoms with E-state index in [4.69, 9.17) is 18.9 Å². The van der Waals surface area contributed by atoms with Crippen LogP contribution in [0.25, 0.3) is 0 Å². The average Bonchev–Trinajstić information content (AvgIpc) is 3.29. The fourth-order valence-corrected chi connectivity index (χ4v) is 8.28. The Hall–Kier alpha value is -2.31. The summed E-state index contributed by atoms with van der Waals surface area (Å²) in [5.41, 5.74) is 0. The predicted molar refractivity (Wildman–Crippen MR) is 262 cm³/mol. The van der Waals surface area contributed by atoms with E-state index in [0.717, 1.165) is 57.8 Å². The van der Waals surface area contributed by atoms with Crippen molar-refractivity contribution in [1.29, 1.82) is 0 Å². The summed E-state index contributed by atoms with van der Waals surface area (Å²) in [4.78, 5) is 37.0. The molecule has 1 fully saturated rings. The molecule has 0 aromatic heterocycles. The number of esters is 2. The van der Waals surface area contributed by atoms with Crippen LogP contribution < -0.4 is 0 Å². The molecule has 11 nitrogen and oxygen atoms in total. The fourth-order valence-electron chi connectivity index (χ4n) is 8.28. The van der Waals surface area contributed by atoms with Crippen molar-refractivity contribution in [2.75, 3.05) is 13.2 Å². The number of aliphatic hydroxyl groups excluding tert-OH is 3. The van der Waals surface area contributed by atoms with Gasteiger partial charge in [-0.3, -0.25) is 9.59 Å². The summed E-state index contributed by atoms with van der Waals surface area (Å²) >= 11 is 0. The predicted octanol–water partition coefficient (Wildman–Crippen LogP) is 12.9. The summed E-state index contributed by atoms with van der Waals surface area (Å²) in [6.07, 6.45) is 42.3. The molecule has 65 heavy (non-hydrogen) atoms. The second-order valence-electron chi connectivity index (χ2n) is 18.7. The van der Waals surface area contributed by atoms with E-state index in [1.165, 1.54) is 154 Å². The minimum absolute atomic E-state index is 0.175. The summed E-state index contributed by atoms with van der Waals surface area (Å²) in [5, 5.41) is 40.0. The third-order valence-corrected chi connectivity index (χ3v) is 12.5. The Morgan fingerprint density at radius 2 is 0.815 bits per heavy atom. The van der Waals surface area contributed by atoms with Gasteiger partial charge in [-0.25, -0.2) is 4.79 Å². The highest BCUT2D eigenvalue weighted by Crippen LogP contribution is 2.23. The second-order valence-corrected chi connectivity index (χ2v) is 18.7. The van der Waals surface area contributed by atoms with E-state index in [1.807, 2.05) is 0 Å². The Kier molecular flexibility index (Phi) is 41.3. The van der Waals surface area contributed by atoms with Crippen molar-refractivity contribution in [1.82, 2.24) is 0 Å². The highest BCUT2D eigenvalue weighted by molar-refractivity contribution is 5.73. The van der Waals surface area contributed by atoms with Crippen molar-refractivity contribution < 1.29 is 53.8 Å². The molecule has 0 aliphatic carbocycles. The van der Waals surface area contributed by atoms with Crippen LogP contribution in [0.2, 0.25) is 0 Å². The molecule has 1 aliphatic rings. The van der Waals surface area contributed by atoms with E-state index in [0.29, 0.717) is 12.8 Å². The number of aliphatic hydroxyl groups is 3. The number of rotatable bonds is 46. The third kappa shape index (κ3) is 35.5. The molecule has 0 radical (unpaired) electrons. The van der Waals surface area contributed by atoms with Crippen LogP contribution in [0.4, 0.5) is 0 Å². The number of carboxylic acid groups (broad SMARTS) is 1. The van der Waals surface area contributed by atoms with E-state index in [1.54, 1.807) is 0 Å². The first-order valence-corrected chi connectivity index (χ1v) is 26.9. The minimum atomic E-state index is -1.86. The van der Waals surface area contributed by atoms with Gasteiger partial charge in [0.1, 0.15) is 24.9 Å². The summed E-state index contributed by atoms with van der Waals surface area (Å²) in [7, 11) is 0. The molecule has 0 bridgehead atoms. The molecular formula is C54H98O11. The van der Waals surface area contributed by atoms with Crippen LogP contribution in [0.3, 0.4) is 0 Å². The first-order valence-electron chi connectivity index (χ1n) is 26.9. The average molecular weight is 923 g/mol. The summed E-state index contributed by atoms with van der Waals surface area (Å²) in [6, 6.07) is 0. The molecule has 0 aromatic carbocycles. The molecule has 0 amide bonds. The minimum Gasteiger partial charge on any atom is -0.479 e. The van der Waals surface area contributed by atoms with Crippen molar-refractivity contribution in [3.05, 3.63) is 24.3 Å². The Labute approximate surface area is 396 Å². The lowest BCUT2D eigenvalue weighted by atomic mass is 9.99. The maximum absolute atomic E-state index is 12.8. The molecule has 0 aromatic rings. The van der Waals surface area contributed by atoms with E-state index in [-0.39, 0.29) is 26.1 Å². The lowest BCUT2D eigenvalue weighted by Gasteiger charge is -2.38. The molecule has 1 saturated heterocycles. The molecular weight excluding hydrogens is 825 g/mol. The van der Waals surface area contributed by atoms with Crippen LogP contribution >= 0.6 is 0 Å². The second kappa shape index (κ2) is 44.2. The van der Waals surface area contributed by atoms with E-state index in [2.05, 4.69) is 38.2 Å². The lowest BCUT2D eigenvalue weighted by Crippen LogP contribution is -2.60. The number of ether oxygens (including phenoxy) is 4. The highest BCUT2D eigenvalue weighted by Gasteiger charge is 2.47. The van der Waals surface area contributed by atoms with Crippen LogP contribution in [0, 0.1) is 0 Å². The summed E-state index contributed by atoms with van der Waals surface area (Å²) in [6.45, 7) is 3.84. The zero-order valence-electron chi connectivity index (χ0n) is 41.5. The third-order valence-electron chi connectivity index (χ3n) is 12.5. The van der Waals surface area contributed by atoms with Gasteiger partial charge in [0.05, 0.1) is 6.61 Å². The molecule has 1 heterocycles. The van der Waals surface area contributed by atoms with Gasteiger partial charge >= 0.3 is 17.9 Å². The van der Waals surface area contributed by atoms with Crippen molar-refractivity contribution in [2.24, 2.45) is 0 Å². The zero-order valence-corrected chi connectivity index (χ0v) is 41.5. The molecule has 6 unspecified atom stereocenters. The van der Waals surface area contributed by atoms with Crippen LogP contribution in [0.15, 0.2) is 24.3 Å². The van der Waals surface area contributed by atoms with Gasteiger partial charge in [-0.05, 0) is 64.2 Å². The van der Waals surface area contributed by atoms with Crippen molar-refractivity contribution in [3.8, 4) is 0 Å². The number of hydrogen-bond donors (Lipinski definition) is 4. The van der Waals surface area contributed by atoms with Gasteiger partial charge in [0.15, 0.2) is 18.5 Å². The number of allylic oxidation sites excluding steroid dienone is 4. The topological polar surface area (TPSA) is 169 Å². The van der Waals surface area contributed by atoms with Gasteiger partial charge in [-0.15, -0.1) is 0 Å². The number of carbonyl (C=O) groups excluding carboxylic acids is 2. The maximum atomic E-state index is 12.8. The van der Waals surface area contributed by atoms with Crippen LogP contribution in [-0.4, -0.2) is 88.4 Å². The van der Waals surface area contributed by atoms with Crippen molar-refractivity contribution >= 4 is 17.9 Å². The molecule has 380 valence electrons. The van der Waals surface area contributed by atoms with Gasteiger partial charge in [-0.1, -0.05) is 199 Å². The van der Waals surface area contributed by atoms with E-state index >= 15 is 0 Å². The standard InChI is InChI=1S/C54H98O11/c1-3-5-7-9-11-13-15-17-19-21-22-23-24-25-26-27-29-30-32-34-36-38-40-42-47(55)62-44-46(45-63-54-51(59)49(57)50(58)52(65-54)53(60)61)64-48(56)43-41-39-37-35-33-31-28-20-18-16-14-12-10-8-6-4-2/h20-22,28,46,49-52,54,57-59H,3-19,23-27,29-45H2,1-2H3,(H,60,61)/b22-21-,28-20-. The molecule has 0 saturated carbocycles. The largest absolute Gasteiger partial charge is 0.479 e.